The minimum atomic E-state index is 0.494. The Hall–Kier alpha value is -2.38. The molecule has 0 spiro atoms. The van der Waals surface area contributed by atoms with Gasteiger partial charge in [0, 0.05) is 17.4 Å². The predicted molar refractivity (Wildman–Crippen MR) is 87.8 cm³/mol. The molecule has 0 saturated carbocycles. The van der Waals surface area contributed by atoms with Gasteiger partial charge in [0.1, 0.15) is 10.4 Å². The first-order chi connectivity index (χ1) is 10.2. The highest BCUT2D eigenvalue weighted by molar-refractivity contribution is 9.10. The van der Waals surface area contributed by atoms with Gasteiger partial charge >= 0.3 is 0 Å². The lowest BCUT2D eigenvalue weighted by Crippen LogP contribution is -2.02. The lowest BCUT2D eigenvalue weighted by molar-refractivity contribution is 1.16. The van der Waals surface area contributed by atoms with Crippen LogP contribution in [0.3, 0.4) is 0 Å². The summed E-state index contributed by atoms with van der Waals surface area (Å²) >= 11 is 3.45. The molecular weight excluding hydrogens is 326 g/mol. The molecule has 0 unspecified atom stereocenters. The number of aromatic nitrogens is 1. The summed E-state index contributed by atoms with van der Waals surface area (Å²) in [6, 6.07) is 17.8. The van der Waals surface area contributed by atoms with Gasteiger partial charge in [0.05, 0.1) is 11.6 Å². The normalized spacial score (nSPS) is 10.5. The Bertz CT molecular complexity index is 866. The average molecular weight is 338 g/mol. The van der Waals surface area contributed by atoms with Gasteiger partial charge in [0.15, 0.2) is 0 Å². The molecule has 0 bridgehead atoms. The molecule has 0 amide bonds. The quantitative estimate of drug-likeness (QED) is 0.717. The smallest absolute Gasteiger partial charge is 0.128 e. The maximum absolute atomic E-state index is 9.22. The summed E-state index contributed by atoms with van der Waals surface area (Å²) < 4.78 is 0.743. The highest BCUT2D eigenvalue weighted by Crippen LogP contribution is 2.30. The van der Waals surface area contributed by atoms with Gasteiger partial charge in [-0.2, -0.15) is 5.26 Å². The van der Waals surface area contributed by atoms with E-state index in [4.69, 9.17) is 5.73 Å². The molecule has 0 aliphatic heterocycles. The van der Waals surface area contributed by atoms with E-state index < -0.39 is 0 Å². The zero-order valence-corrected chi connectivity index (χ0v) is 12.8. The molecule has 21 heavy (non-hydrogen) atoms. The third kappa shape index (κ3) is 2.48. The van der Waals surface area contributed by atoms with Gasteiger partial charge in [0.2, 0.25) is 0 Å². The van der Waals surface area contributed by atoms with Gasteiger partial charge in [-0.1, -0.05) is 42.5 Å². The van der Waals surface area contributed by atoms with Crippen molar-refractivity contribution in [2.45, 2.75) is 6.42 Å². The zero-order chi connectivity index (χ0) is 14.8. The van der Waals surface area contributed by atoms with Crippen LogP contribution >= 0.6 is 15.9 Å². The molecule has 4 heteroatoms. The molecule has 0 radical (unpaired) electrons. The van der Waals surface area contributed by atoms with Crippen LogP contribution in [0.5, 0.6) is 0 Å². The van der Waals surface area contributed by atoms with Crippen molar-refractivity contribution in [1.82, 2.24) is 4.98 Å². The van der Waals surface area contributed by atoms with Gasteiger partial charge in [0.25, 0.3) is 0 Å². The Morgan fingerprint density at radius 2 is 1.71 bits per heavy atom. The van der Waals surface area contributed by atoms with E-state index in [1.54, 1.807) is 0 Å². The Kier molecular flexibility index (Phi) is 3.59. The van der Waals surface area contributed by atoms with Crippen LogP contribution in [0.1, 0.15) is 16.7 Å². The largest absolute Gasteiger partial charge is 0.383 e. The first-order valence-corrected chi connectivity index (χ1v) is 7.30. The van der Waals surface area contributed by atoms with Gasteiger partial charge in [-0.25, -0.2) is 4.98 Å². The third-order valence-electron chi connectivity index (χ3n) is 3.51. The number of nitrogens with two attached hydrogens (primary N) is 1. The van der Waals surface area contributed by atoms with Crippen molar-refractivity contribution >= 4 is 32.5 Å². The topological polar surface area (TPSA) is 62.7 Å². The lowest BCUT2D eigenvalue weighted by Gasteiger charge is -2.11. The van der Waals surface area contributed by atoms with Gasteiger partial charge < -0.3 is 5.73 Å². The van der Waals surface area contributed by atoms with E-state index in [1.165, 1.54) is 0 Å². The molecule has 2 aromatic carbocycles. The summed E-state index contributed by atoms with van der Waals surface area (Å²) in [6.07, 6.45) is 0.594. The SMILES string of the molecule is N#Cc1ccccc1Cc1c(N)nc(Br)c2ccccc12. The number of benzene rings is 2. The maximum Gasteiger partial charge on any atom is 0.128 e. The van der Waals surface area contributed by atoms with E-state index in [1.807, 2.05) is 48.5 Å². The second kappa shape index (κ2) is 5.55. The number of anilines is 1. The maximum atomic E-state index is 9.22. The van der Waals surface area contributed by atoms with E-state index >= 15 is 0 Å². The molecule has 102 valence electrons. The fraction of sp³-hybridized carbons (Fsp3) is 0.0588. The van der Waals surface area contributed by atoms with Crippen LogP contribution in [-0.2, 0) is 6.42 Å². The molecule has 2 N–H and O–H groups in total. The molecular formula is C17H12BrN3. The second-order valence-corrected chi connectivity index (χ2v) is 5.51. The standard InChI is InChI=1S/C17H12BrN3/c18-16-14-8-4-3-7-13(14)15(17(20)21-16)9-11-5-1-2-6-12(11)10-19/h1-8H,9H2,(H2,20,21). The molecule has 0 saturated heterocycles. The second-order valence-electron chi connectivity index (χ2n) is 4.76. The first-order valence-electron chi connectivity index (χ1n) is 6.51. The van der Waals surface area contributed by atoms with Crippen LogP contribution in [0.2, 0.25) is 0 Å². The highest BCUT2D eigenvalue weighted by Gasteiger charge is 2.12. The number of nitrogen functional groups attached to an aromatic ring is 1. The summed E-state index contributed by atoms with van der Waals surface area (Å²) in [5.74, 6) is 0.494. The number of fused-ring (bicyclic) bond motifs is 1. The molecule has 0 fully saturated rings. The number of hydrogen-bond acceptors (Lipinski definition) is 3. The Labute approximate surface area is 131 Å². The first kappa shape index (κ1) is 13.6. The average Bonchev–Trinajstić information content (AvgIpc) is 2.52. The summed E-state index contributed by atoms with van der Waals surface area (Å²) in [6.45, 7) is 0. The van der Waals surface area contributed by atoms with Crippen molar-refractivity contribution in [3.8, 4) is 6.07 Å². The number of pyridine rings is 1. The summed E-state index contributed by atoms with van der Waals surface area (Å²) in [4.78, 5) is 4.36. The van der Waals surface area contributed by atoms with Crippen LogP contribution in [0.15, 0.2) is 53.1 Å². The van der Waals surface area contributed by atoms with E-state index in [0.717, 1.165) is 26.5 Å². The molecule has 1 heterocycles. The molecule has 0 atom stereocenters. The molecule has 1 aromatic heterocycles. The summed E-state index contributed by atoms with van der Waals surface area (Å²) in [7, 11) is 0. The van der Waals surface area contributed by atoms with E-state index in [0.29, 0.717) is 17.8 Å². The molecule has 3 nitrogen and oxygen atoms in total. The van der Waals surface area contributed by atoms with E-state index in [2.05, 4.69) is 27.0 Å². The minimum Gasteiger partial charge on any atom is -0.383 e. The van der Waals surface area contributed by atoms with Crippen LogP contribution < -0.4 is 5.73 Å². The van der Waals surface area contributed by atoms with Gasteiger partial charge in [-0.15, -0.1) is 0 Å². The molecule has 3 rings (SSSR count). The number of nitrogens with zero attached hydrogens (tertiary/aromatic N) is 2. The van der Waals surface area contributed by atoms with Crippen LogP contribution in [0.25, 0.3) is 10.8 Å². The molecule has 0 aliphatic rings. The molecule has 0 aliphatic carbocycles. The number of nitriles is 1. The summed E-state index contributed by atoms with van der Waals surface area (Å²) in [5, 5.41) is 11.3. The van der Waals surface area contributed by atoms with Crippen molar-refractivity contribution in [3.63, 3.8) is 0 Å². The van der Waals surface area contributed by atoms with Gasteiger partial charge in [-0.05, 0) is 32.9 Å². The number of hydrogen-bond donors (Lipinski definition) is 1. The summed E-state index contributed by atoms with van der Waals surface area (Å²) in [5.41, 5.74) is 8.69. The fourth-order valence-corrected chi connectivity index (χ4v) is 2.99. The van der Waals surface area contributed by atoms with E-state index in [9.17, 15) is 5.26 Å². The van der Waals surface area contributed by atoms with Crippen molar-refractivity contribution in [2.75, 3.05) is 5.73 Å². The van der Waals surface area contributed by atoms with Crippen LogP contribution in [-0.4, -0.2) is 4.98 Å². The van der Waals surface area contributed by atoms with Crippen molar-refractivity contribution in [3.05, 3.63) is 69.8 Å². The Morgan fingerprint density at radius 3 is 2.48 bits per heavy atom. The number of halogens is 1. The van der Waals surface area contributed by atoms with Crippen LogP contribution in [0.4, 0.5) is 5.82 Å². The minimum absolute atomic E-state index is 0.494. The monoisotopic (exact) mass is 337 g/mol. The van der Waals surface area contributed by atoms with Gasteiger partial charge in [-0.3, -0.25) is 0 Å². The van der Waals surface area contributed by atoms with Crippen molar-refractivity contribution in [2.24, 2.45) is 0 Å². The zero-order valence-electron chi connectivity index (χ0n) is 11.2. The number of rotatable bonds is 2. The Balaban J connectivity index is 2.20. The molecule has 3 aromatic rings. The van der Waals surface area contributed by atoms with Crippen molar-refractivity contribution < 1.29 is 0 Å². The third-order valence-corrected chi connectivity index (χ3v) is 4.11. The van der Waals surface area contributed by atoms with Crippen LogP contribution in [0, 0.1) is 11.3 Å². The lowest BCUT2D eigenvalue weighted by atomic mass is 9.97. The van der Waals surface area contributed by atoms with E-state index in [-0.39, 0.29) is 0 Å². The van der Waals surface area contributed by atoms with Crippen molar-refractivity contribution in [1.29, 1.82) is 5.26 Å². The highest BCUT2D eigenvalue weighted by atomic mass is 79.9. The Morgan fingerprint density at radius 1 is 1.05 bits per heavy atom. The predicted octanol–water partition coefficient (Wildman–Crippen LogP) is 4.04. The fourth-order valence-electron chi connectivity index (χ4n) is 2.46.